The summed E-state index contributed by atoms with van der Waals surface area (Å²) in [6.07, 6.45) is 0. The third-order valence-corrected chi connectivity index (χ3v) is 6.69. The van der Waals surface area contributed by atoms with E-state index in [1.54, 1.807) is 47.4 Å². The number of Topliss-reactive ketones (excluding diaryl/α,β-unsaturated/α-hetero) is 2. The number of nitrogens with zero attached hydrogens (tertiary/aromatic N) is 2. The molecule has 0 fully saturated rings. The van der Waals surface area contributed by atoms with E-state index in [2.05, 4.69) is 0 Å². The molecule has 6 heteroatoms. The molecule has 5 rings (SSSR count). The van der Waals surface area contributed by atoms with Crippen molar-refractivity contribution in [3.05, 3.63) is 125 Å². The van der Waals surface area contributed by atoms with Gasteiger partial charge in [0.05, 0.1) is 15.9 Å². The third kappa shape index (κ3) is 4.39. The van der Waals surface area contributed by atoms with E-state index in [1.807, 2.05) is 55.5 Å². The molecule has 4 aromatic carbocycles. The molecule has 170 valence electrons. The number of hydrogen-bond acceptors (Lipinski definition) is 5. The highest BCUT2D eigenvalue weighted by Gasteiger charge is 2.25. The van der Waals surface area contributed by atoms with Gasteiger partial charge in [0, 0.05) is 16.7 Å². The first kappa shape index (κ1) is 22.4. The molecule has 0 aliphatic carbocycles. The normalized spacial score (nSPS) is 10.8. The number of thiazole rings is 1. The van der Waals surface area contributed by atoms with Gasteiger partial charge in [-0.2, -0.15) is 0 Å². The van der Waals surface area contributed by atoms with Crippen LogP contribution in [0, 0.1) is 6.92 Å². The summed E-state index contributed by atoms with van der Waals surface area (Å²) in [7, 11) is 0. The number of rotatable bonds is 6. The van der Waals surface area contributed by atoms with E-state index in [4.69, 9.17) is 4.98 Å². The van der Waals surface area contributed by atoms with Crippen LogP contribution in [-0.2, 0) is 0 Å². The van der Waals surface area contributed by atoms with Crippen molar-refractivity contribution < 1.29 is 14.4 Å². The Hall–Kier alpha value is -4.42. The van der Waals surface area contributed by atoms with Gasteiger partial charge in [-0.25, -0.2) is 4.98 Å². The van der Waals surface area contributed by atoms with Crippen LogP contribution in [0.2, 0.25) is 0 Å². The predicted octanol–water partition coefficient (Wildman–Crippen LogP) is 6.65. The molecule has 0 spiro atoms. The molecule has 1 aromatic heterocycles. The zero-order valence-electron chi connectivity index (χ0n) is 18.8. The second kappa shape index (κ2) is 9.44. The Bertz CT molecular complexity index is 1520. The average molecular weight is 477 g/mol. The Balaban J connectivity index is 1.49. The molecule has 0 atom stereocenters. The predicted molar refractivity (Wildman–Crippen MR) is 139 cm³/mol. The molecule has 0 saturated carbocycles. The Morgan fingerprint density at radius 3 is 1.91 bits per heavy atom. The SMILES string of the molecule is Cc1ccccc1N(C(=O)c1ccc(C(=O)C(=O)c2ccccc2)cc1)c1nc2ccccc2s1. The summed E-state index contributed by atoms with van der Waals surface area (Å²) in [6.45, 7) is 1.94. The van der Waals surface area contributed by atoms with Gasteiger partial charge in [-0.05, 0) is 42.8 Å². The largest absolute Gasteiger partial charge is 0.285 e. The first-order valence-corrected chi connectivity index (χ1v) is 11.8. The van der Waals surface area contributed by atoms with Crippen LogP contribution in [0.3, 0.4) is 0 Å². The molecule has 0 unspecified atom stereocenters. The maximum Gasteiger partial charge on any atom is 0.264 e. The van der Waals surface area contributed by atoms with Crippen LogP contribution in [-0.4, -0.2) is 22.5 Å². The number of amides is 1. The van der Waals surface area contributed by atoms with E-state index < -0.39 is 11.6 Å². The minimum absolute atomic E-state index is 0.234. The summed E-state index contributed by atoms with van der Waals surface area (Å²) < 4.78 is 0.981. The van der Waals surface area contributed by atoms with Crippen molar-refractivity contribution in [3.8, 4) is 0 Å². The summed E-state index contributed by atoms with van der Waals surface area (Å²) in [5.41, 5.74) is 3.43. The standard InChI is InChI=1S/C29H20N2O3S/c1-19-9-5-7-13-24(19)31(29-30-23-12-6-8-14-25(23)35-29)28(34)22-17-15-21(16-18-22)27(33)26(32)20-10-3-2-4-11-20/h2-18H,1H3. The highest BCUT2D eigenvalue weighted by atomic mass is 32.1. The van der Waals surface area contributed by atoms with Crippen molar-refractivity contribution in [3.63, 3.8) is 0 Å². The van der Waals surface area contributed by atoms with Crippen LogP contribution < -0.4 is 4.90 Å². The van der Waals surface area contributed by atoms with Gasteiger partial charge in [-0.1, -0.05) is 84.1 Å². The monoisotopic (exact) mass is 476 g/mol. The lowest BCUT2D eigenvalue weighted by molar-refractivity contribution is 0.0817. The van der Waals surface area contributed by atoms with Gasteiger partial charge < -0.3 is 0 Å². The van der Waals surface area contributed by atoms with E-state index in [0.717, 1.165) is 21.5 Å². The second-order valence-corrected chi connectivity index (χ2v) is 9.00. The van der Waals surface area contributed by atoms with Crippen LogP contribution in [0.5, 0.6) is 0 Å². The summed E-state index contributed by atoms with van der Waals surface area (Å²) in [5.74, 6) is -1.47. The molecule has 5 nitrogen and oxygen atoms in total. The number of ketones is 2. The van der Waals surface area contributed by atoms with Gasteiger partial charge in [0.15, 0.2) is 5.13 Å². The smallest absolute Gasteiger partial charge is 0.264 e. The molecular weight excluding hydrogens is 456 g/mol. The lowest BCUT2D eigenvalue weighted by atomic mass is 10.0. The average Bonchev–Trinajstić information content (AvgIpc) is 3.33. The first-order valence-electron chi connectivity index (χ1n) is 11.0. The zero-order valence-corrected chi connectivity index (χ0v) is 19.7. The van der Waals surface area contributed by atoms with Crippen LogP contribution in [0.1, 0.15) is 36.6 Å². The number of hydrogen-bond donors (Lipinski definition) is 0. The number of anilines is 2. The Morgan fingerprint density at radius 2 is 1.23 bits per heavy atom. The molecule has 1 amide bonds. The molecule has 0 aliphatic heterocycles. The highest BCUT2D eigenvalue weighted by Crippen LogP contribution is 2.36. The summed E-state index contributed by atoms with van der Waals surface area (Å²) >= 11 is 1.44. The number of carbonyl (C=O) groups is 3. The quantitative estimate of drug-likeness (QED) is 0.203. The van der Waals surface area contributed by atoms with E-state index in [0.29, 0.717) is 16.3 Å². The molecule has 0 bridgehead atoms. The van der Waals surface area contributed by atoms with Crippen molar-refractivity contribution in [1.29, 1.82) is 0 Å². The number of benzene rings is 4. The number of aromatic nitrogens is 1. The van der Waals surface area contributed by atoms with Crippen LogP contribution in [0.15, 0.2) is 103 Å². The molecular formula is C29H20N2O3S. The van der Waals surface area contributed by atoms with Crippen LogP contribution in [0.25, 0.3) is 10.2 Å². The fourth-order valence-corrected chi connectivity index (χ4v) is 4.79. The summed E-state index contributed by atoms with van der Waals surface area (Å²) in [6, 6.07) is 30.0. The fraction of sp³-hybridized carbons (Fsp3) is 0.0345. The Labute approximate surface area is 206 Å². The third-order valence-electron chi connectivity index (χ3n) is 5.67. The Kier molecular flexibility index (Phi) is 6.04. The molecule has 1 heterocycles. The van der Waals surface area contributed by atoms with Crippen LogP contribution >= 0.6 is 11.3 Å². The van der Waals surface area contributed by atoms with Crippen molar-refractivity contribution in [1.82, 2.24) is 4.98 Å². The summed E-state index contributed by atoms with van der Waals surface area (Å²) in [5, 5.41) is 0.560. The number of aryl methyl sites for hydroxylation is 1. The molecule has 0 aliphatic rings. The first-order chi connectivity index (χ1) is 17.0. The fourth-order valence-electron chi connectivity index (χ4n) is 3.81. The van der Waals surface area contributed by atoms with E-state index in [1.165, 1.54) is 23.5 Å². The second-order valence-electron chi connectivity index (χ2n) is 7.99. The molecule has 0 saturated heterocycles. The lowest BCUT2D eigenvalue weighted by Crippen LogP contribution is -2.26. The van der Waals surface area contributed by atoms with Crippen LogP contribution in [0.4, 0.5) is 10.8 Å². The van der Waals surface area contributed by atoms with Gasteiger partial charge in [0.1, 0.15) is 0 Å². The van der Waals surface area contributed by atoms with E-state index >= 15 is 0 Å². The highest BCUT2D eigenvalue weighted by molar-refractivity contribution is 7.22. The minimum Gasteiger partial charge on any atom is -0.285 e. The molecule has 0 N–H and O–H groups in total. The molecule has 35 heavy (non-hydrogen) atoms. The van der Waals surface area contributed by atoms with Gasteiger partial charge in [0.25, 0.3) is 5.91 Å². The number of para-hydroxylation sites is 2. The minimum atomic E-state index is -0.614. The van der Waals surface area contributed by atoms with Crippen molar-refractivity contribution in [2.75, 3.05) is 4.90 Å². The van der Waals surface area contributed by atoms with Crippen molar-refractivity contribution in [2.45, 2.75) is 6.92 Å². The molecule has 5 aromatic rings. The van der Waals surface area contributed by atoms with Gasteiger partial charge in [0.2, 0.25) is 11.6 Å². The number of carbonyl (C=O) groups excluding carboxylic acids is 3. The Morgan fingerprint density at radius 1 is 0.657 bits per heavy atom. The summed E-state index contributed by atoms with van der Waals surface area (Å²) in [4.78, 5) is 45.3. The van der Waals surface area contributed by atoms with Gasteiger partial charge >= 0.3 is 0 Å². The topological polar surface area (TPSA) is 67.3 Å². The lowest BCUT2D eigenvalue weighted by Gasteiger charge is -2.22. The van der Waals surface area contributed by atoms with E-state index in [-0.39, 0.29) is 11.5 Å². The molecule has 0 radical (unpaired) electrons. The van der Waals surface area contributed by atoms with E-state index in [9.17, 15) is 14.4 Å². The van der Waals surface area contributed by atoms with Gasteiger partial charge in [-0.15, -0.1) is 0 Å². The maximum atomic E-state index is 13.8. The van der Waals surface area contributed by atoms with Crippen molar-refractivity contribution >= 4 is 49.8 Å². The maximum absolute atomic E-state index is 13.8. The zero-order chi connectivity index (χ0) is 24.4. The van der Waals surface area contributed by atoms with Crippen molar-refractivity contribution in [2.24, 2.45) is 0 Å². The number of fused-ring (bicyclic) bond motifs is 1. The van der Waals surface area contributed by atoms with Gasteiger partial charge in [-0.3, -0.25) is 19.3 Å².